The molecule has 0 atom stereocenters. The summed E-state index contributed by atoms with van der Waals surface area (Å²) in [5.74, 6) is 0.612. The van der Waals surface area contributed by atoms with Gasteiger partial charge in [0, 0.05) is 35.8 Å². The van der Waals surface area contributed by atoms with Crippen molar-refractivity contribution in [2.24, 2.45) is 5.92 Å². The number of hydrogen-bond acceptors (Lipinski definition) is 2. The van der Waals surface area contributed by atoms with Crippen molar-refractivity contribution in [3.8, 4) is 0 Å². The molecule has 1 fully saturated rings. The number of nitrogens with zero attached hydrogens (tertiary/aromatic N) is 2. The highest BCUT2D eigenvalue weighted by Gasteiger charge is 2.33. The van der Waals surface area contributed by atoms with Crippen molar-refractivity contribution in [1.29, 1.82) is 0 Å². The molecular formula is C33H36F3N3O. The number of carbonyl (C=O) groups excluding carboxylic acids is 1. The van der Waals surface area contributed by atoms with E-state index >= 15 is 0 Å². The van der Waals surface area contributed by atoms with E-state index in [0.717, 1.165) is 49.3 Å². The second kappa shape index (κ2) is 12.3. The van der Waals surface area contributed by atoms with Crippen molar-refractivity contribution in [3.05, 3.63) is 107 Å². The van der Waals surface area contributed by atoms with E-state index in [9.17, 15) is 18.0 Å². The van der Waals surface area contributed by atoms with Crippen LogP contribution in [0.4, 0.5) is 13.2 Å². The first-order valence-electron chi connectivity index (χ1n) is 14.1. The molecule has 1 aromatic heterocycles. The Bertz CT molecular complexity index is 1440. The Hall–Kier alpha value is -3.58. The number of halogens is 3. The van der Waals surface area contributed by atoms with Crippen molar-refractivity contribution in [2.75, 3.05) is 26.2 Å². The Morgan fingerprint density at radius 2 is 1.75 bits per heavy atom. The van der Waals surface area contributed by atoms with Crippen LogP contribution in [-0.2, 0) is 19.1 Å². The van der Waals surface area contributed by atoms with Crippen molar-refractivity contribution in [3.63, 3.8) is 0 Å². The average Bonchev–Trinajstić information content (AvgIpc) is 3.34. The number of nitrogens with one attached hydrogen (secondary N) is 1. The van der Waals surface area contributed by atoms with Gasteiger partial charge in [0.25, 0.3) is 5.91 Å². The lowest BCUT2D eigenvalue weighted by molar-refractivity contribution is -0.138. The van der Waals surface area contributed by atoms with E-state index in [-0.39, 0.29) is 18.0 Å². The van der Waals surface area contributed by atoms with Gasteiger partial charge in [0.05, 0.1) is 5.56 Å². The molecule has 0 saturated carbocycles. The number of benzene rings is 3. The molecule has 0 bridgehead atoms. The number of amides is 1. The fourth-order valence-electron chi connectivity index (χ4n) is 5.72. The van der Waals surface area contributed by atoms with Gasteiger partial charge in [0.15, 0.2) is 0 Å². The summed E-state index contributed by atoms with van der Waals surface area (Å²) in [7, 11) is 0. The third kappa shape index (κ3) is 6.94. The molecule has 1 amide bonds. The van der Waals surface area contributed by atoms with Crippen LogP contribution in [0.1, 0.15) is 51.9 Å². The second-order valence-electron chi connectivity index (χ2n) is 11.0. The summed E-state index contributed by atoms with van der Waals surface area (Å²) in [6.45, 7) is 5.55. The van der Waals surface area contributed by atoms with Gasteiger partial charge in [-0.15, -0.1) is 0 Å². The Morgan fingerprint density at radius 1 is 0.975 bits per heavy atom. The standard InChI is InChI=1S/C33H36F3N3O/c1-24-8-9-29(30(20-24)33(34,35)36)23-39-19-14-27-22-28(10-11-31(27)39)32(40)37-15-5-16-38-17-12-26(13-18-38)21-25-6-3-2-4-7-25/h2-4,6-11,14,19-20,22,26H,5,12-13,15-18,21,23H2,1H3,(H,37,40). The number of aryl methyl sites for hydroxylation is 1. The number of hydrogen-bond donors (Lipinski definition) is 1. The fraction of sp³-hybridized carbons (Fsp3) is 0.364. The maximum atomic E-state index is 13.6. The Balaban J connectivity index is 1.10. The molecular weight excluding hydrogens is 511 g/mol. The minimum atomic E-state index is -4.41. The Morgan fingerprint density at radius 3 is 2.50 bits per heavy atom. The summed E-state index contributed by atoms with van der Waals surface area (Å²) in [6, 6.07) is 22.3. The van der Waals surface area contributed by atoms with Crippen LogP contribution >= 0.6 is 0 Å². The van der Waals surface area contributed by atoms with E-state index in [1.54, 1.807) is 42.0 Å². The van der Waals surface area contributed by atoms with Gasteiger partial charge in [0.1, 0.15) is 0 Å². The van der Waals surface area contributed by atoms with Crippen molar-refractivity contribution < 1.29 is 18.0 Å². The number of likely N-dealkylation sites (tertiary alicyclic amines) is 1. The van der Waals surface area contributed by atoms with Crippen LogP contribution in [0.15, 0.2) is 79.0 Å². The molecule has 40 heavy (non-hydrogen) atoms. The Kier molecular flexibility index (Phi) is 8.60. The van der Waals surface area contributed by atoms with Crippen LogP contribution in [0.2, 0.25) is 0 Å². The van der Waals surface area contributed by atoms with Gasteiger partial charge in [-0.1, -0.05) is 48.0 Å². The molecule has 5 rings (SSSR count). The molecule has 4 nitrogen and oxygen atoms in total. The lowest BCUT2D eigenvalue weighted by Gasteiger charge is -2.32. The summed E-state index contributed by atoms with van der Waals surface area (Å²) in [5, 5.41) is 3.85. The van der Waals surface area contributed by atoms with Crippen molar-refractivity contribution in [2.45, 2.75) is 45.3 Å². The molecule has 1 N–H and O–H groups in total. The van der Waals surface area contributed by atoms with E-state index in [1.807, 2.05) is 12.1 Å². The van der Waals surface area contributed by atoms with Crippen LogP contribution in [0.5, 0.6) is 0 Å². The summed E-state index contributed by atoms with van der Waals surface area (Å²) >= 11 is 0. The maximum absolute atomic E-state index is 13.6. The highest BCUT2D eigenvalue weighted by molar-refractivity contribution is 5.98. The zero-order chi connectivity index (χ0) is 28.1. The minimum Gasteiger partial charge on any atom is -0.352 e. The average molecular weight is 548 g/mol. The normalized spacial score (nSPS) is 15.0. The smallest absolute Gasteiger partial charge is 0.352 e. The summed E-state index contributed by atoms with van der Waals surface area (Å²) in [6.07, 6.45) is 1.83. The summed E-state index contributed by atoms with van der Waals surface area (Å²) < 4.78 is 42.5. The zero-order valence-corrected chi connectivity index (χ0v) is 22.9. The maximum Gasteiger partial charge on any atom is 0.416 e. The van der Waals surface area contributed by atoms with Gasteiger partial charge in [-0.25, -0.2) is 0 Å². The highest BCUT2D eigenvalue weighted by Crippen LogP contribution is 2.33. The molecule has 7 heteroatoms. The quantitative estimate of drug-likeness (QED) is 0.227. The lowest BCUT2D eigenvalue weighted by atomic mass is 9.90. The lowest BCUT2D eigenvalue weighted by Crippen LogP contribution is -2.36. The monoisotopic (exact) mass is 547 g/mol. The molecule has 1 aliphatic rings. The number of carbonyl (C=O) groups is 1. The summed E-state index contributed by atoms with van der Waals surface area (Å²) in [5.41, 5.74) is 2.95. The minimum absolute atomic E-state index is 0.105. The van der Waals surface area contributed by atoms with Crippen LogP contribution < -0.4 is 5.32 Å². The van der Waals surface area contributed by atoms with E-state index in [1.165, 1.54) is 24.5 Å². The third-order valence-electron chi connectivity index (χ3n) is 7.96. The molecule has 210 valence electrons. The molecule has 3 aromatic carbocycles. The number of fused-ring (bicyclic) bond motifs is 1. The predicted octanol–water partition coefficient (Wildman–Crippen LogP) is 7.09. The van der Waals surface area contributed by atoms with E-state index in [2.05, 4.69) is 40.5 Å². The van der Waals surface area contributed by atoms with Gasteiger partial charge in [-0.2, -0.15) is 13.2 Å². The highest BCUT2D eigenvalue weighted by atomic mass is 19.4. The zero-order valence-electron chi connectivity index (χ0n) is 22.9. The molecule has 1 aliphatic heterocycles. The molecule has 4 aromatic rings. The first kappa shape index (κ1) is 28.0. The molecule has 0 spiro atoms. The van der Waals surface area contributed by atoms with Crippen molar-refractivity contribution in [1.82, 2.24) is 14.8 Å². The van der Waals surface area contributed by atoms with Gasteiger partial charge >= 0.3 is 6.18 Å². The number of alkyl halides is 3. The van der Waals surface area contributed by atoms with Gasteiger partial charge < -0.3 is 14.8 Å². The van der Waals surface area contributed by atoms with Gasteiger partial charge in [0.2, 0.25) is 0 Å². The molecule has 0 radical (unpaired) electrons. The molecule has 0 unspecified atom stereocenters. The number of aromatic nitrogens is 1. The fourth-order valence-corrected chi connectivity index (χ4v) is 5.72. The number of piperidine rings is 1. The molecule has 2 heterocycles. The SMILES string of the molecule is Cc1ccc(Cn2ccc3cc(C(=O)NCCCN4CCC(Cc5ccccc5)CC4)ccc32)c(C(F)(F)F)c1. The van der Waals surface area contributed by atoms with Gasteiger partial charge in [-0.3, -0.25) is 4.79 Å². The van der Waals surface area contributed by atoms with Crippen LogP contribution in [0.3, 0.4) is 0 Å². The van der Waals surface area contributed by atoms with E-state index < -0.39 is 11.7 Å². The van der Waals surface area contributed by atoms with Gasteiger partial charge in [-0.05, 0) is 99.6 Å². The predicted molar refractivity (Wildman–Crippen MR) is 153 cm³/mol. The van der Waals surface area contributed by atoms with Crippen LogP contribution in [0.25, 0.3) is 10.9 Å². The molecule has 0 aliphatic carbocycles. The third-order valence-corrected chi connectivity index (χ3v) is 7.96. The first-order chi connectivity index (χ1) is 19.3. The first-order valence-corrected chi connectivity index (χ1v) is 14.1. The van der Waals surface area contributed by atoms with Crippen LogP contribution in [-0.4, -0.2) is 41.6 Å². The Labute approximate surface area is 233 Å². The molecule has 1 saturated heterocycles. The summed E-state index contributed by atoms with van der Waals surface area (Å²) in [4.78, 5) is 15.3. The van der Waals surface area contributed by atoms with E-state index in [0.29, 0.717) is 17.7 Å². The van der Waals surface area contributed by atoms with E-state index in [4.69, 9.17) is 0 Å². The van der Waals surface area contributed by atoms with Crippen LogP contribution in [0, 0.1) is 12.8 Å². The second-order valence-corrected chi connectivity index (χ2v) is 11.0. The van der Waals surface area contributed by atoms with Crippen molar-refractivity contribution >= 4 is 16.8 Å². The number of rotatable bonds is 9. The topological polar surface area (TPSA) is 37.3 Å². The largest absolute Gasteiger partial charge is 0.416 e.